The predicted molar refractivity (Wildman–Crippen MR) is 111 cm³/mol. The number of pyridine rings is 1. The highest BCUT2D eigenvalue weighted by atomic mass is 16.5. The molecule has 1 saturated heterocycles. The lowest BCUT2D eigenvalue weighted by atomic mass is 10.1. The number of amides is 2. The fourth-order valence-electron chi connectivity index (χ4n) is 3.78. The predicted octanol–water partition coefficient (Wildman–Crippen LogP) is 3.34. The SMILES string of the molecule is CCn1nc(CNC(=O)N2CCC[C@H](OCc3ccccn3)C2)c2ccccc21. The first-order valence-electron chi connectivity index (χ1n) is 10.2. The summed E-state index contributed by atoms with van der Waals surface area (Å²) in [6.07, 6.45) is 3.70. The molecule has 0 spiro atoms. The Hall–Kier alpha value is -2.93. The number of para-hydroxylation sites is 1. The van der Waals surface area contributed by atoms with Gasteiger partial charge < -0.3 is 15.0 Å². The fraction of sp³-hybridized carbons (Fsp3) is 0.409. The molecule has 0 saturated carbocycles. The Labute approximate surface area is 170 Å². The van der Waals surface area contributed by atoms with Crippen molar-refractivity contribution in [3.8, 4) is 0 Å². The second-order valence-electron chi connectivity index (χ2n) is 7.28. The average molecular weight is 393 g/mol. The highest BCUT2D eigenvalue weighted by Gasteiger charge is 2.24. The van der Waals surface area contributed by atoms with E-state index in [1.807, 2.05) is 39.9 Å². The van der Waals surface area contributed by atoms with E-state index >= 15 is 0 Å². The summed E-state index contributed by atoms with van der Waals surface area (Å²) < 4.78 is 7.96. The maximum Gasteiger partial charge on any atom is 0.317 e. The van der Waals surface area contributed by atoms with E-state index < -0.39 is 0 Å². The van der Waals surface area contributed by atoms with Gasteiger partial charge in [-0.1, -0.05) is 24.3 Å². The molecule has 1 fully saturated rings. The van der Waals surface area contributed by atoms with Crippen molar-refractivity contribution in [1.29, 1.82) is 0 Å². The molecule has 2 aromatic heterocycles. The molecule has 0 aliphatic carbocycles. The second-order valence-corrected chi connectivity index (χ2v) is 7.28. The van der Waals surface area contributed by atoms with Crippen molar-refractivity contribution in [3.05, 3.63) is 60.0 Å². The van der Waals surface area contributed by atoms with Gasteiger partial charge in [0.15, 0.2) is 0 Å². The van der Waals surface area contributed by atoms with Crippen LogP contribution in [-0.2, 0) is 24.4 Å². The Bertz CT molecular complexity index is 956. The summed E-state index contributed by atoms with van der Waals surface area (Å²) in [6, 6.07) is 13.9. The molecule has 0 unspecified atom stereocenters. The van der Waals surface area contributed by atoms with Crippen LogP contribution in [0.15, 0.2) is 48.7 Å². The first-order chi connectivity index (χ1) is 14.2. The van der Waals surface area contributed by atoms with E-state index in [4.69, 9.17) is 4.74 Å². The Balaban J connectivity index is 1.33. The van der Waals surface area contributed by atoms with E-state index in [2.05, 4.69) is 34.5 Å². The van der Waals surface area contributed by atoms with Crippen molar-refractivity contribution < 1.29 is 9.53 Å². The molecule has 0 radical (unpaired) electrons. The monoisotopic (exact) mass is 393 g/mol. The summed E-state index contributed by atoms with van der Waals surface area (Å²) in [5.41, 5.74) is 2.91. The van der Waals surface area contributed by atoms with Crippen molar-refractivity contribution in [3.63, 3.8) is 0 Å². The third kappa shape index (κ3) is 4.56. The lowest BCUT2D eigenvalue weighted by Crippen LogP contribution is -2.47. The smallest absolute Gasteiger partial charge is 0.317 e. The molecular weight excluding hydrogens is 366 g/mol. The zero-order valence-electron chi connectivity index (χ0n) is 16.8. The van der Waals surface area contributed by atoms with Gasteiger partial charge in [-0.3, -0.25) is 9.67 Å². The third-order valence-corrected chi connectivity index (χ3v) is 5.30. The number of rotatable bonds is 6. The Morgan fingerprint density at radius 3 is 2.93 bits per heavy atom. The number of aryl methyl sites for hydroxylation is 1. The largest absolute Gasteiger partial charge is 0.370 e. The number of carbonyl (C=O) groups is 1. The van der Waals surface area contributed by atoms with E-state index in [9.17, 15) is 4.79 Å². The molecule has 7 nitrogen and oxygen atoms in total. The summed E-state index contributed by atoms with van der Waals surface area (Å²) in [6.45, 7) is 5.11. The number of nitrogens with zero attached hydrogens (tertiary/aromatic N) is 4. The molecule has 1 aliphatic heterocycles. The normalized spacial score (nSPS) is 16.9. The van der Waals surface area contributed by atoms with Crippen LogP contribution in [0.1, 0.15) is 31.2 Å². The van der Waals surface area contributed by atoms with Crippen LogP contribution in [0.2, 0.25) is 0 Å². The molecular formula is C22H27N5O2. The lowest BCUT2D eigenvalue weighted by Gasteiger charge is -2.32. The number of nitrogens with one attached hydrogen (secondary N) is 1. The number of hydrogen-bond donors (Lipinski definition) is 1. The molecule has 1 aliphatic rings. The lowest BCUT2D eigenvalue weighted by molar-refractivity contribution is -0.00168. The molecule has 1 atom stereocenters. The number of piperidine rings is 1. The van der Waals surface area contributed by atoms with Gasteiger partial charge in [0.05, 0.1) is 36.2 Å². The topological polar surface area (TPSA) is 72.3 Å². The minimum atomic E-state index is -0.0636. The number of hydrogen-bond acceptors (Lipinski definition) is 4. The van der Waals surface area contributed by atoms with Gasteiger partial charge >= 0.3 is 6.03 Å². The molecule has 4 rings (SSSR count). The fourth-order valence-corrected chi connectivity index (χ4v) is 3.78. The van der Waals surface area contributed by atoms with Crippen LogP contribution >= 0.6 is 0 Å². The van der Waals surface area contributed by atoms with E-state index in [0.29, 0.717) is 19.7 Å². The Morgan fingerprint density at radius 2 is 2.10 bits per heavy atom. The van der Waals surface area contributed by atoms with Crippen LogP contribution in [0.5, 0.6) is 0 Å². The summed E-state index contributed by atoms with van der Waals surface area (Å²) in [5.74, 6) is 0. The second kappa shape index (κ2) is 9.05. The number of benzene rings is 1. The van der Waals surface area contributed by atoms with Crippen LogP contribution in [0.3, 0.4) is 0 Å². The number of aromatic nitrogens is 3. The van der Waals surface area contributed by atoms with Crippen LogP contribution in [0.25, 0.3) is 10.9 Å². The molecule has 7 heteroatoms. The zero-order chi connectivity index (χ0) is 20.1. The molecule has 1 N–H and O–H groups in total. The molecule has 1 aromatic carbocycles. The Kier molecular flexibility index (Phi) is 6.05. The van der Waals surface area contributed by atoms with Gasteiger partial charge in [-0.2, -0.15) is 5.10 Å². The summed E-state index contributed by atoms with van der Waals surface area (Å²) in [5, 5.41) is 8.78. The molecule has 3 heterocycles. The van der Waals surface area contributed by atoms with Gasteiger partial charge in [0.2, 0.25) is 0 Å². The van der Waals surface area contributed by atoms with Gasteiger partial charge in [-0.25, -0.2) is 4.79 Å². The summed E-state index contributed by atoms with van der Waals surface area (Å²) >= 11 is 0. The first kappa shape index (κ1) is 19.4. The van der Waals surface area contributed by atoms with Crippen LogP contribution < -0.4 is 5.32 Å². The van der Waals surface area contributed by atoms with Crippen molar-refractivity contribution >= 4 is 16.9 Å². The van der Waals surface area contributed by atoms with Gasteiger partial charge in [-0.15, -0.1) is 0 Å². The number of ether oxygens (including phenoxy) is 1. The standard InChI is InChI=1S/C22H27N5O2/c1-2-27-21-11-4-3-10-19(21)20(25-27)14-24-22(28)26-13-7-9-18(15-26)29-16-17-8-5-6-12-23-17/h3-6,8,10-12,18H,2,7,9,13-16H2,1H3,(H,24,28)/t18-/m0/s1. The van der Waals surface area contributed by atoms with Gasteiger partial charge in [0.25, 0.3) is 0 Å². The molecule has 0 bridgehead atoms. The number of fused-ring (bicyclic) bond motifs is 1. The van der Waals surface area contributed by atoms with Crippen molar-refractivity contribution in [2.45, 2.75) is 45.6 Å². The average Bonchev–Trinajstić information content (AvgIpc) is 3.15. The zero-order valence-corrected chi connectivity index (χ0v) is 16.8. The summed E-state index contributed by atoms with van der Waals surface area (Å²) in [4.78, 5) is 18.8. The quantitative estimate of drug-likeness (QED) is 0.697. The van der Waals surface area contributed by atoms with Crippen LogP contribution in [0.4, 0.5) is 4.79 Å². The highest BCUT2D eigenvalue weighted by Crippen LogP contribution is 2.19. The van der Waals surface area contributed by atoms with Crippen molar-refractivity contribution in [2.75, 3.05) is 13.1 Å². The van der Waals surface area contributed by atoms with Crippen molar-refractivity contribution in [1.82, 2.24) is 25.0 Å². The van der Waals surface area contributed by atoms with Gasteiger partial charge in [-0.05, 0) is 38.0 Å². The minimum Gasteiger partial charge on any atom is -0.370 e. The molecule has 2 amide bonds. The maximum absolute atomic E-state index is 12.7. The first-order valence-corrected chi connectivity index (χ1v) is 10.2. The highest BCUT2D eigenvalue weighted by molar-refractivity contribution is 5.82. The molecule has 29 heavy (non-hydrogen) atoms. The number of urea groups is 1. The maximum atomic E-state index is 12.7. The van der Waals surface area contributed by atoms with E-state index in [1.165, 1.54) is 0 Å². The molecule has 152 valence electrons. The van der Waals surface area contributed by atoms with Gasteiger partial charge in [0, 0.05) is 31.2 Å². The van der Waals surface area contributed by atoms with Crippen molar-refractivity contribution in [2.24, 2.45) is 0 Å². The van der Waals surface area contributed by atoms with Crippen LogP contribution in [-0.4, -0.2) is 44.9 Å². The third-order valence-electron chi connectivity index (χ3n) is 5.30. The minimum absolute atomic E-state index is 0.0386. The van der Waals surface area contributed by atoms with Crippen LogP contribution in [0, 0.1) is 0 Å². The molecule has 3 aromatic rings. The van der Waals surface area contributed by atoms with E-state index in [0.717, 1.165) is 48.2 Å². The van der Waals surface area contributed by atoms with Gasteiger partial charge in [0.1, 0.15) is 0 Å². The Morgan fingerprint density at radius 1 is 1.24 bits per heavy atom. The number of likely N-dealkylation sites (tertiary alicyclic amines) is 1. The number of carbonyl (C=O) groups excluding carboxylic acids is 1. The van der Waals surface area contributed by atoms with E-state index in [1.54, 1.807) is 6.20 Å². The van der Waals surface area contributed by atoms with E-state index in [-0.39, 0.29) is 12.1 Å². The summed E-state index contributed by atoms with van der Waals surface area (Å²) in [7, 11) is 0.